The second-order valence-electron chi connectivity index (χ2n) is 9.32. The van der Waals surface area contributed by atoms with E-state index in [9.17, 15) is 9.18 Å². The Bertz CT molecular complexity index is 1040. The monoisotopic (exact) mass is 454 g/mol. The van der Waals surface area contributed by atoms with Crippen molar-refractivity contribution in [2.24, 2.45) is 5.92 Å². The van der Waals surface area contributed by atoms with Crippen LogP contribution in [0.3, 0.4) is 0 Å². The zero-order valence-electron chi connectivity index (χ0n) is 19.3. The summed E-state index contributed by atoms with van der Waals surface area (Å²) in [6.45, 7) is 8.51. The SMILES string of the molecule is CC(C)=C(C1CCN(C(=O)c2ccc(C)cc2F)CC1)N1CCCCc2cc(Cl)ccc21. The maximum atomic E-state index is 14.3. The molecule has 0 aromatic heterocycles. The average molecular weight is 455 g/mol. The molecule has 0 radical (unpaired) electrons. The topological polar surface area (TPSA) is 23.6 Å². The maximum absolute atomic E-state index is 14.3. The molecule has 1 saturated heterocycles. The number of piperidine rings is 1. The highest BCUT2D eigenvalue weighted by molar-refractivity contribution is 6.30. The Morgan fingerprint density at radius 3 is 2.47 bits per heavy atom. The van der Waals surface area contributed by atoms with Crippen LogP contribution in [0.2, 0.25) is 5.02 Å². The van der Waals surface area contributed by atoms with Crippen LogP contribution in [0.1, 0.15) is 61.0 Å². The fourth-order valence-electron chi connectivity index (χ4n) is 5.19. The van der Waals surface area contributed by atoms with Crippen LogP contribution in [0.4, 0.5) is 10.1 Å². The minimum Gasteiger partial charge on any atom is -0.345 e. The van der Waals surface area contributed by atoms with Crippen molar-refractivity contribution in [1.82, 2.24) is 4.90 Å². The van der Waals surface area contributed by atoms with Gasteiger partial charge in [-0.05, 0) is 94.3 Å². The number of halogens is 2. The van der Waals surface area contributed by atoms with E-state index >= 15 is 0 Å². The van der Waals surface area contributed by atoms with Crippen molar-refractivity contribution in [3.8, 4) is 0 Å². The van der Waals surface area contributed by atoms with Gasteiger partial charge in [0.05, 0.1) is 5.56 Å². The van der Waals surface area contributed by atoms with E-state index in [1.54, 1.807) is 12.1 Å². The number of benzene rings is 2. The molecule has 0 unspecified atom stereocenters. The number of carbonyl (C=O) groups excluding carboxylic acids is 1. The molecular weight excluding hydrogens is 423 g/mol. The van der Waals surface area contributed by atoms with Crippen molar-refractivity contribution in [3.63, 3.8) is 0 Å². The molecule has 2 aromatic rings. The first-order chi connectivity index (χ1) is 15.3. The first-order valence-electron chi connectivity index (χ1n) is 11.6. The summed E-state index contributed by atoms with van der Waals surface area (Å²) in [6, 6.07) is 11.1. The predicted octanol–water partition coefficient (Wildman–Crippen LogP) is 6.78. The number of amides is 1. The Morgan fingerprint density at radius 2 is 1.78 bits per heavy atom. The summed E-state index contributed by atoms with van der Waals surface area (Å²) < 4.78 is 14.3. The van der Waals surface area contributed by atoms with Crippen LogP contribution in [-0.4, -0.2) is 30.4 Å². The minimum atomic E-state index is -0.429. The van der Waals surface area contributed by atoms with E-state index in [4.69, 9.17) is 11.6 Å². The lowest BCUT2D eigenvalue weighted by Gasteiger charge is -2.39. The largest absolute Gasteiger partial charge is 0.345 e. The predicted molar refractivity (Wildman–Crippen MR) is 130 cm³/mol. The zero-order valence-corrected chi connectivity index (χ0v) is 20.0. The molecule has 2 aromatic carbocycles. The van der Waals surface area contributed by atoms with Gasteiger partial charge in [0.1, 0.15) is 5.82 Å². The van der Waals surface area contributed by atoms with E-state index in [0.29, 0.717) is 19.0 Å². The molecule has 2 aliphatic rings. The van der Waals surface area contributed by atoms with Crippen LogP contribution in [0, 0.1) is 18.7 Å². The van der Waals surface area contributed by atoms with E-state index in [-0.39, 0.29) is 11.5 Å². The third kappa shape index (κ3) is 4.71. The fraction of sp³-hybridized carbons (Fsp3) is 0.444. The van der Waals surface area contributed by atoms with Gasteiger partial charge >= 0.3 is 0 Å². The van der Waals surface area contributed by atoms with Crippen LogP contribution >= 0.6 is 11.6 Å². The molecule has 0 bridgehead atoms. The van der Waals surface area contributed by atoms with Crippen LogP contribution in [0.5, 0.6) is 0 Å². The molecule has 170 valence electrons. The molecule has 0 aliphatic carbocycles. The van der Waals surface area contributed by atoms with Crippen LogP contribution in [0.15, 0.2) is 47.7 Å². The average Bonchev–Trinajstić information content (AvgIpc) is 2.96. The lowest BCUT2D eigenvalue weighted by Crippen LogP contribution is -2.41. The van der Waals surface area contributed by atoms with E-state index in [1.807, 2.05) is 17.9 Å². The molecule has 5 heteroatoms. The number of fused-ring (bicyclic) bond motifs is 1. The smallest absolute Gasteiger partial charge is 0.256 e. The molecule has 32 heavy (non-hydrogen) atoms. The van der Waals surface area contributed by atoms with Gasteiger partial charge in [0.2, 0.25) is 0 Å². The normalized spacial score (nSPS) is 17.0. The standard InChI is InChI=1S/C27H32ClFN2O/c1-18(2)26(31-13-5-4-6-21-17-22(28)8-10-25(21)31)20-11-14-30(15-12-20)27(32)23-9-7-19(3)16-24(23)29/h7-10,16-17,20H,4-6,11-15H2,1-3H3. The molecule has 3 nitrogen and oxygen atoms in total. The van der Waals surface area contributed by atoms with Crippen molar-refractivity contribution < 1.29 is 9.18 Å². The lowest BCUT2D eigenvalue weighted by molar-refractivity contribution is 0.0696. The Balaban J connectivity index is 1.53. The third-order valence-corrected chi connectivity index (χ3v) is 6.97. The van der Waals surface area contributed by atoms with E-state index in [1.165, 1.54) is 28.6 Å². The molecule has 0 saturated carbocycles. The number of hydrogen-bond acceptors (Lipinski definition) is 2. The van der Waals surface area contributed by atoms with Crippen molar-refractivity contribution in [2.45, 2.75) is 52.9 Å². The Labute approximate surface area is 195 Å². The number of hydrogen-bond donors (Lipinski definition) is 0. The van der Waals surface area contributed by atoms with Crippen molar-refractivity contribution in [1.29, 1.82) is 0 Å². The number of anilines is 1. The maximum Gasteiger partial charge on any atom is 0.256 e. The van der Waals surface area contributed by atoms with Gasteiger partial charge in [-0.25, -0.2) is 4.39 Å². The van der Waals surface area contributed by atoms with Gasteiger partial charge < -0.3 is 9.80 Å². The second kappa shape index (κ2) is 9.66. The molecule has 4 rings (SSSR count). The van der Waals surface area contributed by atoms with E-state index in [0.717, 1.165) is 49.2 Å². The molecule has 0 spiro atoms. The van der Waals surface area contributed by atoms with Crippen molar-refractivity contribution in [3.05, 3.63) is 75.2 Å². The lowest BCUT2D eigenvalue weighted by atomic mass is 9.89. The summed E-state index contributed by atoms with van der Waals surface area (Å²) in [5.74, 6) is -0.245. The number of rotatable bonds is 3. The Kier molecular flexibility index (Phi) is 6.90. The van der Waals surface area contributed by atoms with Crippen molar-refractivity contribution >= 4 is 23.2 Å². The van der Waals surface area contributed by atoms with E-state index < -0.39 is 5.82 Å². The van der Waals surface area contributed by atoms with Gasteiger partial charge in [-0.15, -0.1) is 0 Å². The summed E-state index contributed by atoms with van der Waals surface area (Å²) in [5, 5.41) is 0.791. The number of likely N-dealkylation sites (tertiary alicyclic amines) is 1. The third-order valence-electron chi connectivity index (χ3n) is 6.74. The van der Waals surface area contributed by atoms with Crippen LogP contribution < -0.4 is 4.90 Å². The second-order valence-corrected chi connectivity index (χ2v) is 9.75. The highest BCUT2D eigenvalue weighted by atomic mass is 35.5. The summed E-state index contributed by atoms with van der Waals surface area (Å²) in [4.78, 5) is 17.2. The summed E-state index contributed by atoms with van der Waals surface area (Å²) >= 11 is 6.29. The summed E-state index contributed by atoms with van der Waals surface area (Å²) in [6.07, 6.45) is 5.14. The minimum absolute atomic E-state index is 0.176. The first-order valence-corrected chi connectivity index (χ1v) is 12.0. The van der Waals surface area contributed by atoms with E-state index in [2.05, 4.69) is 30.9 Å². The quantitative estimate of drug-likeness (QED) is 0.510. The number of allylic oxidation sites excluding steroid dienone is 2. The van der Waals surface area contributed by atoms with Gasteiger partial charge in [-0.2, -0.15) is 0 Å². The van der Waals surface area contributed by atoms with Crippen molar-refractivity contribution in [2.75, 3.05) is 24.5 Å². The zero-order chi connectivity index (χ0) is 22.8. The van der Waals surface area contributed by atoms with Gasteiger partial charge in [0.15, 0.2) is 0 Å². The summed E-state index contributed by atoms with van der Waals surface area (Å²) in [5.41, 5.74) is 6.28. The molecule has 2 aliphatic heterocycles. The van der Waals surface area contributed by atoms with Crippen LogP contribution in [-0.2, 0) is 6.42 Å². The first kappa shape index (κ1) is 22.8. The van der Waals surface area contributed by atoms with Gasteiger partial charge in [-0.3, -0.25) is 4.79 Å². The summed E-state index contributed by atoms with van der Waals surface area (Å²) in [7, 11) is 0. The molecular formula is C27H32ClFN2O. The number of carbonyl (C=O) groups is 1. The number of nitrogens with zero attached hydrogens (tertiary/aromatic N) is 2. The molecule has 2 heterocycles. The molecule has 0 N–H and O–H groups in total. The molecule has 1 amide bonds. The Morgan fingerprint density at radius 1 is 1.03 bits per heavy atom. The molecule has 0 atom stereocenters. The fourth-order valence-corrected chi connectivity index (χ4v) is 5.39. The molecule has 1 fully saturated rings. The highest BCUT2D eigenvalue weighted by Gasteiger charge is 2.31. The van der Waals surface area contributed by atoms with Gasteiger partial charge in [-0.1, -0.05) is 23.2 Å². The highest BCUT2D eigenvalue weighted by Crippen LogP contribution is 2.37. The van der Waals surface area contributed by atoms with Gasteiger partial charge in [0, 0.05) is 42.0 Å². The van der Waals surface area contributed by atoms with Gasteiger partial charge in [0.25, 0.3) is 5.91 Å². The number of aryl methyl sites for hydroxylation is 2. The van der Waals surface area contributed by atoms with Crippen LogP contribution in [0.25, 0.3) is 0 Å². The Hall–Kier alpha value is -2.33.